The van der Waals surface area contributed by atoms with Crippen molar-refractivity contribution in [1.29, 1.82) is 0 Å². The van der Waals surface area contributed by atoms with Gasteiger partial charge in [-0.2, -0.15) is 0 Å². The summed E-state index contributed by atoms with van der Waals surface area (Å²) >= 11 is 5.93. The number of rotatable bonds is 7. The molecule has 0 spiro atoms. The van der Waals surface area contributed by atoms with Crippen molar-refractivity contribution in [3.63, 3.8) is 0 Å². The van der Waals surface area contributed by atoms with Crippen molar-refractivity contribution in [2.75, 3.05) is 13.2 Å². The maximum absolute atomic E-state index is 12.7. The molecule has 10 heteroatoms. The molecule has 1 amide bonds. The summed E-state index contributed by atoms with van der Waals surface area (Å²) in [6, 6.07) is 4.17. The van der Waals surface area contributed by atoms with Crippen LogP contribution in [-0.4, -0.2) is 37.0 Å². The first-order valence-electron chi connectivity index (χ1n) is 8.05. The highest BCUT2D eigenvalue weighted by Gasteiger charge is 2.24. The van der Waals surface area contributed by atoms with Gasteiger partial charge in [-0.25, -0.2) is 18.1 Å². The average Bonchev–Trinajstić information content (AvgIpc) is 3.06. The number of nitrogens with zero attached hydrogens (tertiary/aromatic N) is 2. The third kappa shape index (κ3) is 4.35. The highest BCUT2D eigenvalue weighted by molar-refractivity contribution is 7.89. The molecule has 0 saturated carbocycles. The minimum absolute atomic E-state index is 0.0277. The summed E-state index contributed by atoms with van der Waals surface area (Å²) in [4.78, 5) is 15.1. The Morgan fingerprint density at radius 3 is 3.04 bits per heavy atom. The Morgan fingerprint density at radius 1 is 1.46 bits per heavy atom. The number of sulfonamides is 1. The van der Waals surface area contributed by atoms with Gasteiger partial charge in [0.2, 0.25) is 10.0 Å². The fourth-order valence-electron chi connectivity index (χ4n) is 2.86. The van der Waals surface area contributed by atoms with E-state index < -0.39 is 22.5 Å². The average molecular weight is 399 g/mol. The first kappa shape index (κ1) is 18.7. The van der Waals surface area contributed by atoms with Gasteiger partial charge < -0.3 is 15.0 Å². The summed E-state index contributed by atoms with van der Waals surface area (Å²) in [6.45, 7) is 0.665. The summed E-state index contributed by atoms with van der Waals surface area (Å²) in [5.74, 6) is 0.427. The number of carbonyl (C=O) groups excluding carboxylic acids is 1. The van der Waals surface area contributed by atoms with Gasteiger partial charge in [0.05, 0.1) is 0 Å². The van der Waals surface area contributed by atoms with Crippen LogP contribution in [0.4, 0.5) is 0 Å². The maximum atomic E-state index is 12.7. The van der Waals surface area contributed by atoms with Gasteiger partial charge in [-0.1, -0.05) is 11.6 Å². The topological polar surface area (TPSA) is 116 Å². The second kappa shape index (κ2) is 7.65. The summed E-state index contributed by atoms with van der Waals surface area (Å²) in [5, 5.41) is 0.247. The number of halogens is 1. The fraction of sp³-hybridized carbons (Fsp3) is 0.375. The second-order valence-electron chi connectivity index (χ2n) is 6.09. The highest BCUT2D eigenvalue weighted by atomic mass is 35.5. The van der Waals surface area contributed by atoms with E-state index in [0.717, 1.165) is 18.8 Å². The second-order valence-corrected chi connectivity index (χ2v) is 8.27. The number of amides is 1. The minimum Gasteiger partial charge on any atom is -0.482 e. The van der Waals surface area contributed by atoms with Crippen molar-refractivity contribution in [3.05, 3.63) is 41.4 Å². The number of hydrogen-bond acceptors (Lipinski definition) is 5. The van der Waals surface area contributed by atoms with Crippen LogP contribution in [0.1, 0.15) is 12.2 Å². The van der Waals surface area contributed by atoms with E-state index in [1.807, 2.05) is 6.20 Å². The molecular formula is C16H19ClN4O4S. The number of aromatic nitrogens is 2. The Kier molecular flexibility index (Phi) is 5.49. The highest BCUT2D eigenvalue weighted by Crippen LogP contribution is 2.28. The molecule has 3 N–H and O–H groups in total. The quantitative estimate of drug-likeness (QED) is 0.720. The lowest BCUT2D eigenvalue weighted by atomic mass is 9.98. The smallest absolute Gasteiger partial charge is 0.255 e. The van der Waals surface area contributed by atoms with Crippen molar-refractivity contribution in [2.45, 2.75) is 24.3 Å². The molecule has 8 nitrogen and oxygen atoms in total. The molecule has 1 aromatic carbocycles. The predicted octanol–water partition coefficient (Wildman–Crippen LogP) is 0.941. The molecule has 1 aromatic heterocycles. The molecule has 2 aromatic rings. The van der Waals surface area contributed by atoms with E-state index in [-0.39, 0.29) is 28.1 Å². The van der Waals surface area contributed by atoms with Crippen molar-refractivity contribution in [1.82, 2.24) is 14.3 Å². The minimum atomic E-state index is -3.86. The van der Waals surface area contributed by atoms with Gasteiger partial charge in [-0.05, 0) is 30.5 Å². The van der Waals surface area contributed by atoms with Crippen molar-refractivity contribution in [3.8, 4) is 5.75 Å². The van der Waals surface area contributed by atoms with Crippen LogP contribution in [-0.2, 0) is 27.8 Å². The Hall–Kier alpha value is -2.10. The van der Waals surface area contributed by atoms with E-state index >= 15 is 0 Å². The molecule has 1 aliphatic heterocycles. The van der Waals surface area contributed by atoms with Crippen LogP contribution in [0.25, 0.3) is 0 Å². The fourth-order valence-corrected chi connectivity index (χ4v) is 4.38. The monoisotopic (exact) mass is 398 g/mol. The van der Waals surface area contributed by atoms with Gasteiger partial charge in [-0.3, -0.25) is 4.79 Å². The van der Waals surface area contributed by atoms with Crippen LogP contribution in [0.15, 0.2) is 35.5 Å². The zero-order valence-electron chi connectivity index (χ0n) is 13.9. The van der Waals surface area contributed by atoms with Crippen LogP contribution in [0.2, 0.25) is 5.02 Å². The molecule has 0 unspecified atom stereocenters. The van der Waals surface area contributed by atoms with Crippen molar-refractivity contribution in [2.24, 2.45) is 11.7 Å². The van der Waals surface area contributed by atoms with E-state index in [4.69, 9.17) is 22.1 Å². The van der Waals surface area contributed by atoms with Gasteiger partial charge >= 0.3 is 0 Å². The van der Waals surface area contributed by atoms with Crippen LogP contribution in [0, 0.1) is 5.92 Å². The van der Waals surface area contributed by atoms with E-state index in [1.165, 1.54) is 18.2 Å². The number of benzene rings is 1. The van der Waals surface area contributed by atoms with Gasteiger partial charge in [-0.15, -0.1) is 0 Å². The Bertz CT molecular complexity index is 913. The van der Waals surface area contributed by atoms with Crippen LogP contribution in [0.3, 0.4) is 0 Å². The van der Waals surface area contributed by atoms with Crippen molar-refractivity contribution >= 4 is 27.5 Å². The number of nitrogens with two attached hydrogens (primary N) is 1. The lowest BCUT2D eigenvalue weighted by Gasteiger charge is -2.23. The molecule has 1 atom stereocenters. The number of primary amides is 1. The number of imidazole rings is 1. The van der Waals surface area contributed by atoms with Crippen LogP contribution in [0.5, 0.6) is 5.75 Å². The summed E-state index contributed by atoms with van der Waals surface area (Å²) in [5.41, 5.74) is 5.05. The predicted molar refractivity (Wildman–Crippen MR) is 95.4 cm³/mol. The first-order chi connectivity index (χ1) is 12.3. The third-order valence-electron chi connectivity index (χ3n) is 4.18. The lowest BCUT2D eigenvalue weighted by Crippen LogP contribution is -2.33. The van der Waals surface area contributed by atoms with Gasteiger partial charge in [0.15, 0.2) is 6.61 Å². The largest absolute Gasteiger partial charge is 0.482 e. The maximum Gasteiger partial charge on any atom is 0.255 e. The number of aryl methyl sites for hydroxylation is 1. The number of nitrogens with one attached hydrogen (secondary N) is 1. The molecule has 0 bridgehead atoms. The van der Waals surface area contributed by atoms with E-state index in [0.29, 0.717) is 6.42 Å². The van der Waals surface area contributed by atoms with Crippen molar-refractivity contribution < 1.29 is 17.9 Å². The third-order valence-corrected chi connectivity index (χ3v) is 5.86. The Labute approximate surface area is 156 Å². The molecule has 0 radical (unpaired) electrons. The van der Waals surface area contributed by atoms with Crippen LogP contribution >= 0.6 is 11.6 Å². The molecule has 1 aliphatic rings. The zero-order chi connectivity index (χ0) is 18.7. The normalized spacial score (nSPS) is 16.9. The summed E-state index contributed by atoms with van der Waals surface area (Å²) in [7, 11) is -3.86. The Balaban J connectivity index is 1.72. The molecule has 2 heterocycles. The lowest BCUT2D eigenvalue weighted by molar-refractivity contribution is -0.120. The van der Waals surface area contributed by atoms with Crippen LogP contribution < -0.4 is 15.2 Å². The van der Waals surface area contributed by atoms with Gasteiger partial charge in [0, 0.05) is 36.9 Å². The molecule has 140 valence electrons. The summed E-state index contributed by atoms with van der Waals surface area (Å²) < 4.78 is 35.3. The number of carbonyl (C=O) groups is 1. The number of hydrogen-bond donors (Lipinski definition) is 2. The molecular weight excluding hydrogens is 380 g/mol. The Morgan fingerprint density at radius 2 is 2.27 bits per heavy atom. The van der Waals surface area contributed by atoms with Gasteiger partial charge in [0.25, 0.3) is 5.91 Å². The number of ether oxygens (including phenoxy) is 1. The standard InChI is InChI=1S/C16H19ClN4O4S/c17-12-1-2-13(25-10-15(18)22)14(8-12)26(23,24)20-9-11-3-5-21-6-4-19-16(21)7-11/h1-2,4,6,8,11,20H,3,5,7,9-10H2,(H2,18,22)/t11-/m0/s1. The molecule has 0 saturated heterocycles. The SMILES string of the molecule is NC(=O)COc1ccc(Cl)cc1S(=O)(=O)NC[C@H]1CCn2ccnc2C1. The van der Waals surface area contributed by atoms with E-state index in [9.17, 15) is 13.2 Å². The molecule has 3 rings (SSSR count). The zero-order valence-corrected chi connectivity index (χ0v) is 15.5. The van der Waals surface area contributed by atoms with E-state index in [2.05, 4.69) is 14.3 Å². The summed E-state index contributed by atoms with van der Waals surface area (Å²) in [6.07, 6.45) is 5.23. The molecule has 0 fully saturated rings. The van der Waals surface area contributed by atoms with E-state index in [1.54, 1.807) is 6.20 Å². The van der Waals surface area contributed by atoms with Gasteiger partial charge in [0.1, 0.15) is 16.5 Å². The first-order valence-corrected chi connectivity index (χ1v) is 9.91. The molecule has 26 heavy (non-hydrogen) atoms. The number of fused-ring (bicyclic) bond motifs is 1. The molecule has 0 aliphatic carbocycles.